The second kappa shape index (κ2) is 7.92. The third-order valence-corrected chi connectivity index (χ3v) is 4.04. The molecule has 1 N–H and O–H groups in total. The summed E-state index contributed by atoms with van der Waals surface area (Å²) in [4.78, 5) is 0. The fraction of sp³-hybridized carbons (Fsp3) is 0.429. The summed E-state index contributed by atoms with van der Waals surface area (Å²) < 4.78 is 0. The molecule has 0 aliphatic carbocycles. The molecule has 98 valence electrons. The Kier molecular flexibility index (Phi) is 6.89. The van der Waals surface area contributed by atoms with Gasteiger partial charge in [-0.05, 0) is 37.9 Å². The van der Waals surface area contributed by atoms with Gasteiger partial charge in [-0.2, -0.15) is 0 Å². The Hall–Kier alpha value is -0.390. The molecule has 0 saturated heterocycles. The van der Waals surface area contributed by atoms with Crippen molar-refractivity contribution in [1.82, 2.24) is 5.32 Å². The molecule has 4 heteroatoms. The van der Waals surface area contributed by atoms with Crippen LogP contribution in [0.15, 0.2) is 12.1 Å². The minimum absolute atomic E-state index is 0.137. The number of unbranched alkanes of at least 4 members (excludes halogenated alkanes) is 2. The van der Waals surface area contributed by atoms with Crippen LogP contribution in [-0.2, 0) is 0 Å². The van der Waals surface area contributed by atoms with Crippen LogP contribution in [0.3, 0.4) is 0 Å². The van der Waals surface area contributed by atoms with E-state index in [0.29, 0.717) is 15.1 Å². The molecular formula is C14H16Cl3N. The van der Waals surface area contributed by atoms with E-state index in [9.17, 15) is 0 Å². The van der Waals surface area contributed by atoms with Crippen LogP contribution in [0.4, 0.5) is 0 Å². The molecule has 0 amide bonds. The molecule has 1 rings (SSSR count). The van der Waals surface area contributed by atoms with Crippen molar-refractivity contribution < 1.29 is 0 Å². The van der Waals surface area contributed by atoms with Gasteiger partial charge in [-0.1, -0.05) is 40.9 Å². The molecule has 0 heterocycles. The average molecular weight is 305 g/mol. The van der Waals surface area contributed by atoms with Crippen molar-refractivity contribution in [2.24, 2.45) is 0 Å². The lowest BCUT2D eigenvalue weighted by Gasteiger charge is -2.16. The van der Waals surface area contributed by atoms with Crippen molar-refractivity contribution in [3.8, 4) is 12.3 Å². The van der Waals surface area contributed by atoms with E-state index >= 15 is 0 Å². The molecule has 1 nitrogen and oxygen atoms in total. The van der Waals surface area contributed by atoms with Crippen LogP contribution >= 0.6 is 34.8 Å². The lowest BCUT2D eigenvalue weighted by atomic mass is 10.1. The topological polar surface area (TPSA) is 12.0 Å². The van der Waals surface area contributed by atoms with Crippen molar-refractivity contribution in [3.05, 3.63) is 32.8 Å². The Morgan fingerprint density at radius 2 is 1.94 bits per heavy atom. The first-order chi connectivity index (χ1) is 8.57. The van der Waals surface area contributed by atoms with E-state index < -0.39 is 0 Å². The molecule has 0 saturated carbocycles. The van der Waals surface area contributed by atoms with E-state index in [-0.39, 0.29) is 6.04 Å². The van der Waals surface area contributed by atoms with Crippen LogP contribution in [0.1, 0.15) is 37.8 Å². The van der Waals surface area contributed by atoms with Crippen LogP contribution in [0.5, 0.6) is 0 Å². The summed E-state index contributed by atoms with van der Waals surface area (Å²) in [5.74, 6) is 2.63. The predicted molar refractivity (Wildman–Crippen MR) is 80.6 cm³/mol. The summed E-state index contributed by atoms with van der Waals surface area (Å²) in [6, 6.07) is 3.80. The summed E-state index contributed by atoms with van der Waals surface area (Å²) in [5.41, 5.74) is 0.961. The van der Waals surface area contributed by atoms with Crippen molar-refractivity contribution >= 4 is 34.8 Å². The van der Waals surface area contributed by atoms with Crippen LogP contribution in [-0.4, -0.2) is 6.54 Å². The fourth-order valence-corrected chi connectivity index (χ4v) is 2.36. The minimum Gasteiger partial charge on any atom is -0.310 e. The smallest absolute Gasteiger partial charge is 0.0781 e. The zero-order chi connectivity index (χ0) is 13.5. The second-order valence-corrected chi connectivity index (χ2v) is 5.26. The highest BCUT2D eigenvalue weighted by molar-refractivity contribution is 6.48. The van der Waals surface area contributed by atoms with Crippen molar-refractivity contribution in [3.63, 3.8) is 0 Å². The molecule has 1 atom stereocenters. The molecule has 18 heavy (non-hydrogen) atoms. The zero-order valence-corrected chi connectivity index (χ0v) is 12.5. The van der Waals surface area contributed by atoms with Gasteiger partial charge in [0.25, 0.3) is 0 Å². The third kappa shape index (κ3) is 4.37. The van der Waals surface area contributed by atoms with Gasteiger partial charge in [0.05, 0.1) is 15.1 Å². The molecule has 0 spiro atoms. The monoisotopic (exact) mass is 303 g/mol. The van der Waals surface area contributed by atoms with Crippen LogP contribution in [0, 0.1) is 12.3 Å². The van der Waals surface area contributed by atoms with Gasteiger partial charge in [0, 0.05) is 12.5 Å². The van der Waals surface area contributed by atoms with Gasteiger partial charge < -0.3 is 5.32 Å². The summed E-state index contributed by atoms with van der Waals surface area (Å²) in [6.07, 6.45) is 8.10. The molecule has 0 aliphatic rings. The molecule has 0 bridgehead atoms. The number of rotatable bonds is 6. The largest absolute Gasteiger partial charge is 0.310 e. The lowest BCUT2D eigenvalue weighted by Crippen LogP contribution is -2.20. The molecule has 0 aliphatic heterocycles. The zero-order valence-electron chi connectivity index (χ0n) is 10.3. The van der Waals surface area contributed by atoms with E-state index in [4.69, 9.17) is 41.2 Å². The number of halogens is 3. The van der Waals surface area contributed by atoms with E-state index in [1.54, 1.807) is 6.07 Å². The first-order valence-electron chi connectivity index (χ1n) is 5.88. The van der Waals surface area contributed by atoms with Crippen molar-refractivity contribution in [1.29, 1.82) is 0 Å². The van der Waals surface area contributed by atoms with Gasteiger partial charge in [0.2, 0.25) is 0 Å². The Morgan fingerprint density at radius 1 is 1.22 bits per heavy atom. The molecular weight excluding hydrogens is 289 g/mol. The van der Waals surface area contributed by atoms with Crippen molar-refractivity contribution in [2.75, 3.05) is 6.54 Å². The Balaban J connectivity index is 2.54. The van der Waals surface area contributed by atoms with E-state index in [1.165, 1.54) is 0 Å². The van der Waals surface area contributed by atoms with Crippen LogP contribution in [0.25, 0.3) is 0 Å². The summed E-state index contributed by atoms with van der Waals surface area (Å²) in [7, 11) is 0. The fourth-order valence-electron chi connectivity index (χ4n) is 1.66. The van der Waals surface area contributed by atoms with Gasteiger partial charge in [-0.25, -0.2) is 0 Å². The molecule has 0 radical (unpaired) electrons. The van der Waals surface area contributed by atoms with Crippen LogP contribution in [0.2, 0.25) is 15.1 Å². The van der Waals surface area contributed by atoms with Gasteiger partial charge in [0.15, 0.2) is 0 Å². The third-order valence-electron chi connectivity index (χ3n) is 2.73. The number of hydrogen-bond donors (Lipinski definition) is 1. The minimum atomic E-state index is 0.137. The first-order valence-corrected chi connectivity index (χ1v) is 7.01. The highest BCUT2D eigenvalue weighted by Crippen LogP contribution is 2.35. The number of nitrogens with one attached hydrogen (secondary N) is 1. The first kappa shape index (κ1) is 15.7. The number of benzene rings is 1. The quantitative estimate of drug-likeness (QED) is 0.438. The molecule has 1 aromatic carbocycles. The highest BCUT2D eigenvalue weighted by atomic mass is 35.5. The molecule has 1 unspecified atom stereocenters. The standard InChI is InChI=1S/C14H16Cl3N/c1-3-4-5-6-9-18-10(2)11-7-8-12(15)14(17)13(11)16/h1,7-8,10,18H,4-6,9H2,2H3. The molecule has 1 aromatic rings. The maximum Gasteiger partial charge on any atom is 0.0781 e. The summed E-state index contributed by atoms with van der Waals surface area (Å²) in [6.45, 7) is 2.95. The Labute approximate surface area is 124 Å². The molecule has 0 fully saturated rings. The maximum atomic E-state index is 6.17. The normalized spacial score (nSPS) is 12.2. The van der Waals surface area contributed by atoms with Gasteiger partial charge in [-0.3, -0.25) is 0 Å². The summed E-state index contributed by atoms with van der Waals surface area (Å²) in [5, 5.41) is 4.80. The number of hydrogen-bond acceptors (Lipinski definition) is 1. The van der Waals surface area contributed by atoms with Gasteiger partial charge >= 0.3 is 0 Å². The SMILES string of the molecule is C#CCCCCNC(C)c1ccc(Cl)c(Cl)c1Cl. The maximum absolute atomic E-state index is 6.17. The van der Waals surface area contributed by atoms with Crippen molar-refractivity contribution in [2.45, 2.75) is 32.2 Å². The van der Waals surface area contributed by atoms with E-state index in [1.807, 2.05) is 13.0 Å². The summed E-state index contributed by atoms with van der Waals surface area (Å²) >= 11 is 18.1. The van der Waals surface area contributed by atoms with Gasteiger partial charge in [-0.15, -0.1) is 12.3 Å². The second-order valence-electron chi connectivity index (χ2n) is 4.10. The van der Waals surface area contributed by atoms with E-state index in [0.717, 1.165) is 31.4 Å². The Bertz CT molecular complexity index is 437. The highest BCUT2D eigenvalue weighted by Gasteiger charge is 2.13. The molecule has 0 aromatic heterocycles. The van der Waals surface area contributed by atoms with Gasteiger partial charge in [0.1, 0.15) is 0 Å². The Morgan fingerprint density at radius 3 is 2.61 bits per heavy atom. The average Bonchev–Trinajstić information content (AvgIpc) is 2.35. The van der Waals surface area contributed by atoms with Crippen LogP contribution < -0.4 is 5.32 Å². The predicted octanol–water partition coefficient (Wildman–Crippen LogP) is 5.10. The lowest BCUT2D eigenvalue weighted by molar-refractivity contribution is 0.549. The van der Waals surface area contributed by atoms with E-state index in [2.05, 4.69) is 11.2 Å². The number of terminal acetylenes is 1.